The van der Waals surface area contributed by atoms with Crippen molar-refractivity contribution in [2.45, 2.75) is 71.9 Å². The topological polar surface area (TPSA) is 15.3 Å². The van der Waals surface area contributed by atoms with Gasteiger partial charge < -0.3 is 5.32 Å². The van der Waals surface area contributed by atoms with Crippen molar-refractivity contribution in [3.63, 3.8) is 0 Å². The molecule has 0 aromatic rings. The maximum absolute atomic E-state index is 3.63. The van der Waals surface area contributed by atoms with Gasteiger partial charge in [-0.15, -0.1) is 0 Å². The van der Waals surface area contributed by atoms with E-state index in [1.807, 2.05) is 0 Å². The molecule has 2 rings (SSSR count). The van der Waals surface area contributed by atoms with Crippen LogP contribution in [0.5, 0.6) is 0 Å². The first-order chi connectivity index (χ1) is 8.95. The molecule has 2 aliphatic rings. The summed E-state index contributed by atoms with van der Waals surface area (Å²) in [5, 5.41) is 3.63. The van der Waals surface area contributed by atoms with Crippen LogP contribution in [0.4, 0.5) is 0 Å². The predicted molar refractivity (Wildman–Crippen MR) is 83.4 cm³/mol. The molecule has 1 N–H and O–H groups in total. The van der Waals surface area contributed by atoms with Gasteiger partial charge in [-0.3, -0.25) is 4.90 Å². The van der Waals surface area contributed by atoms with Crippen LogP contribution >= 0.6 is 0 Å². The number of hydrogen-bond acceptors (Lipinski definition) is 2. The Bertz CT molecular complexity index is 277. The summed E-state index contributed by atoms with van der Waals surface area (Å²) in [6.45, 7) is 12.3. The molecule has 2 unspecified atom stereocenters. The zero-order valence-electron chi connectivity index (χ0n) is 13.7. The molecule has 2 nitrogen and oxygen atoms in total. The maximum Gasteiger partial charge on any atom is 0.0271 e. The summed E-state index contributed by atoms with van der Waals surface area (Å²) in [6.07, 6.45) is 6.98. The maximum atomic E-state index is 3.63. The lowest BCUT2D eigenvalue weighted by atomic mass is 9.70. The quantitative estimate of drug-likeness (QED) is 0.841. The van der Waals surface area contributed by atoms with Crippen LogP contribution in [-0.4, -0.2) is 37.1 Å². The highest BCUT2D eigenvalue weighted by molar-refractivity contribution is 4.98. The second-order valence-corrected chi connectivity index (χ2v) is 7.83. The molecule has 112 valence electrons. The Labute approximate surface area is 120 Å². The summed E-state index contributed by atoms with van der Waals surface area (Å²) in [5.41, 5.74) is 0.451. The summed E-state index contributed by atoms with van der Waals surface area (Å²) in [7, 11) is 2.16. The van der Waals surface area contributed by atoms with Gasteiger partial charge in [0, 0.05) is 12.1 Å². The van der Waals surface area contributed by atoms with Crippen LogP contribution < -0.4 is 5.32 Å². The Morgan fingerprint density at radius 3 is 2.26 bits per heavy atom. The molecular weight excluding hydrogens is 232 g/mol. The van der Waals surface area contributed by atoms with E-state index in [0.29, 0.717) is 11.5 Å². The predicted octanol–water partition coefficient (Wildman–Crippen LogP) is 3.52. The molecule has 0 amide bonds. The molecule has 0 spiro atoms. The van der Waals surface area contributed by atoms with Gasteiger partial charge >= 0.3 is 0 Å². The van der Waals surface area contributed by atoms with Gasteiger partial charge in [-0.25, -0.2) is 0 Å². The van der Waals surface area contributed by atoms with Gasteiger partial charge in [-0.2, -0.15) is 0 Å². The Kier molecular flexibility index (Phi) is 4.94. The highest BCUT2D eigenvalue weighted by Gasteiger charge is 2.41. The molecule has 0 aromatic carbocycles. The number of rotatable bonds is 3. The van der Waals surface area contributed by atoms with Crippen molar-refractivity contribution >= 4 is 0 Å². The first-order valence-corrected chi connectivity index (χ1v) is 8.37. The van der Waals surface area contributed by atoms with Crippen LogP contribution in [0.3, 0.4) is 0 Å². The fourth-order valence-corrected chi connectivity index (χ4v) is 4.50. The average molecular weight is 266 g/mol. The molecule has 1 aliphatic carbocycles. The van der Waals surface area contributed by atoms with Crippen LogP contribution in [0.1, 0.15) is 59.8 Å². The van der Waals surface area contributed by atoms with Crippen molar-refractivity contribution in [3.8, 4) is 0 Å². The zero-order valence-corrected chi connectivity index (χ0v) is 13.7. The van der Waals surface area contributed by atoms with Crippen molar-refractivity contribution in [1.82, 2.24) is 10.2 Å². The normalized spacial score (nSPS) is 33.8. The van der Waals surface area contributed by atoms with Gasteiger partial charge in [-0.05, 0) is 63.1 Å². The number of nitrogens with zero attached hydrogens (tertiary/aromatic N) is 1. The van der Waals surface area contributed by atoms with Gasteiger partial charge in [0.15, 0.2) is 0 Å². The lowest BCUT2D eigenvalue weighted by Crippen LogP contribution is -2.59. The molecule has 0 bridgehead atoms. The van der Waals surface area contributed by atoms with Crippen molar-refractivity contribution < 1.29 is 0 Å². The van der Waals surface area contributed by atoms with Gasteiger partial charge in [0.2, 0.25) is 0 Å². The molecule has 0 radical (unpaired) electrons. The summed E-state index contributed by atoms with van der Waals surface area (Å²) in [5.74, 6) is 1.82. The smallest absolute Gasteiger partial charge is 0.0271 e. The van der Waals surface area contributed by atoms with E-state index in [-0.39, 0.29) is 0 Å². The van der Waals surface area contributed by atoms with Crippen LogP contribution in [0.25, 0.3) is 0 Å². The van der Waals surface area contributed by atoms with Crippen LogP contribution in [0.2, 0.25) is 0 Å². The van der Waals surface area contributed by atoms with Gasteiger partial charge in [0.25, 0.3) is 0 Å². The number of likely N-dealkylation sites (tertiary alicyclic amines) is 1. The van der Waals surface area contributed by atoms with E-state index >= 15 is 0 Å². The number of nitrogens with one attached hydrogen (secondary N) is 1. The van der Waals surface area contributed by atoms with Crippen molar-refractivity contribution in [2.24, 2.45) is 17.3 Å². The lowest BCUT2D eigenvalue weighted by molar-refractivity contribution is 0.0267. The number of likely N-dealkylation sites (N-methyl/N-ethyl adjacent to an activating group) is 1. The molecule has 1 heterocycles. The minimum Gasteiger partial charge on any atom is -0.315 e. The fraction of sp³-hybridized carbons (Fsp3) is 1.00. The molecule has 1 saturated carbocycles. The van der Waals surface area contributed by atoms with E-state index in [4.69, 9.17) is 0 Å². The number of hydrogen-bond donors (Lipinski definition) is 1. The van der Waals surface area contributed by atoms with Crippen LogP contribution in [-0.2, 0) is 0 Å². The molecule has 2 atom stereocenters. The largest absolute Gasteiger partial charge is 0.315 e. The van der Waals surface area contributed by atoms with E-state index in [9.17, 15) is 0 Å². The highest BCUT2D eigenvalue weighted by Crippen LogP contribution is 2.39. The molecule has 1 saturated heterocycles. The Morgan fingerprint density at radius 1 is 1.11 bits per heavy atom. The van der Waals surface area contributed by atoms with E-state index in [0.717, 1.165) is 17.9 Å². The molecule has 2 fully saturated rings. The monoisotopic (exact) mass is 266 g/mol. The summed E-state index contributed by atoms with van der Waals surface area (Å²) < 4.78 is 0. The Morgan fingerprint density at radius 2 is 1.74 bits per heavy atom. The van der Waals surface area contributed by atoms with E-state index in [1.165, 1.54) is 45.2 Å². The Balaban J connectivity index is 1.98. The van der Waals surface area contributed by atoms with E-state index < -0.39 is 0 Å². The van der Waals surface area contributed by atoms with Crippen molar-refractivity contribution in [3.05, 3.63) is 0 Å². The second-order valence-electron chi connectivity index (χ2n) is 7.83. The summed E-state index contributed by atoms with van der Waals surface area (Å²) >= 11 is 0. The van der Waals surface area contributed by atoms with Crippen LogP contribution in [0, 0.1) is 17.3 Å². The van der Waals surface area contributed by atoms with Crippen LogP contribution in [0.15, 0.2) is 0 Å². The van der Waals surface area contributed by atoms with Gasteiger partial charge in [0.05, 0.1) is 0 Å². The molecule has 0 aromatic heterocycles. The average Bonchev–Trinajstić information content (AvgIpc) is 2.37. The summed E-state index contributed by atoms with van der Waals surface area (Å²) in [4.78, 5) is 2.79. The molecule has 19 heavy (non-hydrogen) atoms. The molecule has 1 aliphatic heterocycles. The highest BCUT2D eigenvalue weighted by atomic mass is 15.2. The minimum atomic E-state index is 0.451. The van der Waals surface area contributed by atoms with E-state index in [1.54, 1.807) is 0 Å². The van der Waals surface area contributed by atoms with Gasteiger partial charge in [-0.1, -0.05) is 34.1 Å². The van der Waals surface area contributed by atoms with Crippen molar-refractivity contribution in [2.75, 3.05) is 20.1 Å². The van der Waals surface area contributed by atoms with Gasteiger partial charge in [0.1, 0.15) is 0 Å². The van der Waals surface area contributed by atoms with Crippen molar-refractivity contribution in [1.29, 1.82) is 0 Å². The molecule has 2 heteroatoms. The second kappa shape index (κ2) is 6.13. The lowest BCUT2D eigenvalue weighted by Gasteiger charge is -2.50. The standard InChI is InChI=1S/C17H34N2/c1-13(2)14-8-11-19(12-9-14)15-7-6-10-17(3,4)16(15)18-5/h13-16,18H,6-12H2,1-5H3. The third-order valence-electron chi connectivity index (χ3n) is 5.84. The fourth-order valence-electron chi connectivity index (χ4n) is 4.50. The first-order valence-electron chi connectivity index (χ1n) is 8.37. The first kappa shape index (κ1) is 15.3. The Hall–Kier alpha value is -0.0800. The third kappa shape index (κ3) is 3.33. The van der Waals surface area contributed by atoms with E-state index in [2.05, 4.69) is 45.0 Å². The zero-order chi connectivity index (χ0) is 14.0. The third-order valence-corrected chi connectivity index (χ3v) is 5.84. The minimum absolute atomic E-state index is 0.451. The molecular formula is C17H34N2. The SMILES string of the molecule is CNC1C(N2CCC(C(C)C)CC2)CCCC1(C)C. The summed E-state index contributed by atoms with van der Waals surface area (Å²) in [6, 6.07) is 1.43. The number of piperidine rings is 1.